The quantitative estimate of drug-likeness (QED) is 0.134. The summed E-state index contributed by atoms with van der Waals surface area (Å²) < 4.78 is 18.9. The molecule has 0 spiro atoms. The van der Waals surface area contributed by atoms with Crippen molar-refractivity contribution in [2.75, 3.05) is 33.4 Å². The van der Waals surface area contributed by atoms with Gasteiger partial charge >= 0.3 is 0 Å². The summed E-state index contributed by atoms with van der Waals surface area (Å²) in [6.07, 6.45) is 9.05. The number of carbonyl (C=O) groups is 2. The molecule has 0 aliphatic heterocycles. The number of ether oxygens (including phenoxy) is 1. The first-order valence-electron chi connectivity index (χ1n) is 15.4. The summed E-state index contributed by atoms with van der Waals surface area (Å²) in [5.74, 6) is -0.634. The van der Waals surface area contributed by atoms with E-state index in [0.717, 1.165) is 34.9 Å². The van der Waals surface area contributed by atoms with Crippen LogP contribution in [0.4, 0.5) is 4.39 Å². The van der Waals surface area contributed by atoms with Crippen LogP contribution in [0, 0.1) is 5.82 Å². The smallest absolute Gasteiger partial charge is 0.254 e. The van der Waals surface area contributed by atoms with Gasteiger partial charge in [-0.25, -0.2) is 4.39 Å². The van der Waals surface area contributed by atoms with Crippen LogP contribution in [0.15, 0.2) is 79.0 Å². The Morgan fingerprint density at radius 3 is 2.30 bits per heavy atom. The Hall–Kier alpha value is -3.97. The zero-order valence-electron chi connectivity index (χ0n) is 25.5. The van der Waals surface area contributed by atoms with Gasteiger partial charge in [-0.3, -0.25) is 9.59 Å². The van der Waals surface area contributed by atoms with E-state index in [1.807, 2.05) is 48.7 Å². The van der Waals surface area contributed by atoms with E-state index >= 15 is 0 Å². The third kappa shape index (κ3) is 9.52. The molecular formula is C36H44FN3O3. The third-order valence-corrected chi connectivity index (χ3v) is 7.88. The van der Waals surface area contributed by atoms with Crippen LogP contribution in [0.2, 0.25) is 0 Å². The largest absolute Gasteiger partial charge is 0.385 e. The summed E-state index contributed by atoms with van der Waals surface area (Å²) in [6.45, 7) is 3.85. The number of aromatic amines is 1. The van der Waals surface area contributed by atoms with Crippen LogP contribution in [0.3, 0.4) is 0 Å². The van der Waals surface area contributed by atoms with Crippen LogP contribution in [0.1, 0.15) is 66.1 Å². The molecular weight excluding hydrogens is 541 g/mol. The van der Waals surface area contributed by atoms with Gasteiger partial charge in [-0.2, -0.15) is 0 Å². The maximum Gasteiger partial charge on any atom is 0.254 e. The van der Waals surface area contributed by atoms with Crippen molar-refractivity contribution in [2.24, 2.45) is 0 Å². The van der Waals surface area contributed by atoms with Crippen molar-refractivity contribution in [3.05, 3.63) is 107 Å². The number of unbranched alkanes of at least 4 members (excludes halogenated alkanes) is 3. The van der Waals surface area contributed by atoms with E-state index in [1.54, 1.807) is 29.0 Å². The van der Waals surface area contributed by atoms with E-state index < -0.39 is 0 Å². The second kappa shape index (κ2) is 16.6. The fourth-order valence-corrected chi connectivity index (χ4v) is 5.36. The number of nitrogens with one attached hydrogen (secondary N) is 1. The minimum atomic E-state index is -0.317. The van der Waals surface area contributed by atoms with E-state index in [1.165, 1.54) is 37.0 Å². The molecule has 1 N–H and O–H groups in total. The van der Waals surface area contributed by atoms with Crippen LogP contribution in [0.25, 0.3) is 10.9 Å². The summed E-state index contributed by atoms with van der Waals surface area (Å²) in [7, 11) is 1.63. The number of H-pyrrole nitrogens is 1. The number of amides is 2. The van der Waals surface area contributed by atoms with Gasteiger partial charge in [0.05, 0.1) is 0 Å². The highest BCUT2D eigenvalue weighted by Crippen LogP contribution is 2.19. The average molecular weight is 586 g/mol. The van der Waals surface area contributed by atoms with Crippen LogP contribution < -0.4 is 0 Å². The third-order valence-electron chi connectivity index (χ3n) is 7.88. The first-order chi connectivity index (χ1) is 21.0. The van der Waals surface area contributed by atoms with Crippen molar-refractivity contribution in [1.82, 2.24) is 14.8 Å². The van der Waals surface area contributed by atoms with Gasteiger partial charge in [0.15, 0.2) is 0 Å². The molecule has 6 nitrogen and oxygen atoms in total. The lowest BCUT2D eigenvalue weighted by molar-refractivity contribution is -0.132. The van der Waals surface area contributed by atoms with Gasteiger partial charge in [0, 0.05) is 56.0 Å². The number of hydrogen-bond acceptors (Lipinski definition) is 3. The average Bonchev–Trinajstić information content (AvgIpc) is 3.45. The number of aromatic nitrogens is 1. The maximum absolute atomic E-state index is 13.9. The molecule has 0 atom stereocenters. The minimum absolute atomic E-state index is 0.0452. The second-order valence-electron chi connectivity index (χ2n) is 11.1. The zero-order valence-corrected chi connectivity index (χ0v) is 25.5. The Bertz CT molecular complexity index is 1430. The molecule has 4 aromatic rings. The summed E-state index contributed by atoms with van der Waals surface area (Å²) in [6, 6.07) is 22.1. The second-order valence-corrected chi connectivity index (χ2v) is 11.1. The van der Waals surface area contributed by atoms with E-state index in [4.69, 9.17) is 4.74 Å². The number of fused-ring (bicyclic) bond motifs is 1. The SMILES string of the molecule is CCCCCCc1ccc(C(=O)N(CCCOC)CC(=O)N(CCc2c[nH]c3ccccc23)Cc2ccc(F)cc2)cc1. The molecule has 1 aromatic heterocycles. The molecule has 0 fully saturated rings. The molecule has 0 saturated carbocycles. The van der Waals surface area contributed by atoms with E-state index in [2.05, 4.69) is 18.0 Å². The van der Waals surface area contributed by atoms with E-state index in [-0.39, 0.29) is 24.2 Å². The molecule has 2 amide bonds. The number of methoxy groups -OCH3 is 1. The lowest BCUT2D eigenvalue weighted by atomic mass is 10.0. The molecule has 0 bridgehead atoms. The Balaban J connectivity index is 1.49. The molecule has 4 rings (SSSR count). The van der Waals surface area contributed by atoms with Crippen LogP contribution >= 0.6 is 0 Å². The summed E-state index contributed by atoms with van der Waals surface area (Å²) >= 11 is 0. The van der Waals surface area contributed by atoms with Crippen molar-refractivity contribution >= 4 is 22.7 Å². The molecule has 3 aromatic carbocycles. The van der Waals surface area contributed by atoms with Crippen LogP contribution in [0.5, 0.6) is 0 Å². The van der Waals surface area contributed by atoms with Crippen molar-refractivity contribution in [2.45, 2.75) is 58.4 Å². The number of halogens is 1. The summed E-state index contributed by atoms with van der Waals surface area (Å²) in [4.78, 5) is 34.2. The number of para-hydroxylation sites is 1. The van der Waals surface area contributed by atoms with E-state index in [9.17, 15) is 14.0 Å². The lowest BCUT2D eigenvalue weighted by Gasteiger charge is -2.28. The van der Waals surface area contributed by atoms with Gasteiger partial charge in [-0.05, 0) is 72.7 Å². The predicted molar refractivity (Wildman–Crippen MR) is 171 cm³/mol. The molecule has 7 heteroatoms. The van der Waals surface area contributed by atoms with Gasteiger partial charge in [0.1, 0.15) is 12.4 Å². The molecule has 0 unspecified atom stereocenters. The zero-order chi connectivity index (χ0) is 30.4. The monoisotopic (exact) mass is 585 g/mol. The van der Waals surface area contributed by atoms with Crippen molar-refractivity contribution in [3.63, 3.8) is 0 Å². The highest BCUT2D eigenvalue weighted by Gasteiger charge is 2.23. The van der Waals surface area contributed by atoms with Crippen LogP contribution in [-0.4, -0.2) is 59.9 Å². The standard InChI is InChI=1S/C36H44FN3O3/c1-3-4-5-6-10-28-13-17-30(18-14-28)36(42)40(22-9-24-43-2)27-35(41)39(26-29-15-19-32(37)20-16-29)23-21-31-25-38-34-12-8-7-11-33(31)34/h7-8,11-20,25,38H,3-6,9-10,21-24,26-27H2,1-2H3. The fraction of sp³-hybridized carbons (Fsp3) is 0.389. The number of rotatable bonds is 17. The maximum atomic E-state index is 13.9. The normalized spacial score (nSPS) is 11.1. The number of carbonyl (C=O) groups excluding carboxylic acids is 2. The minimum Gasteiger partial charge on any atom is -0.385 e. The number of nitrogens with zero attached hydrogens (tertiary/aromatic N) is 2. The Morgan fingerprint density at radius 2 is 1.56 bits per heavy atom. The van der Waals surface area contributed by atoms with Gasteiger partial charge in [0.2, 0.25) is 5.91 Å². The number of hydrogen-bond donors (Lipinski definition) is 1. The molecule has 228 valence electrons. The van der Waals surface area contributed by atoms with Gasteiger partial charge in [-0.1, -0.05) is 68.7 Å². The highest BCUT2D eigenvalue weighted by molar-refractivity contribution is 5.96. The Kier molecular flexibility index (Phi) is 12.3. The van der Waals surface area contributed by atoms with Gasteiger partial charge < -0.3 is 19.5 Å². The summed E-state index contributed by atoms with van der Waals surface area (Å²) in [5.41, 5.74) is 4.80. The van der Waals surface area contributed by atoms with Gasteiger partial charge in [0.25, 0.3) is 5.91 Å². The van der Waals surface area contributed by atoms with Crippen molar-refractivity contribution in [1.29, 1.82) is 0 Å². The number of benzene rings is 3. The molecule has 1 heterocycles. The van der Waals surface area contributed by atoms with Crippen molar-refractivity contribution in [3.8, 4) is 0 Å². The molecule has 43 heavy (non-hydrogen) atoms. The molecule has 0 aliphatic carbocycles. The number of aryl methyl sites for hydroxylation is 1. The van der Waals surface area contributed by atoms with E-state index in [0.29, 0.717) is 44.6 Å². The first kappa shape index (κ1) is 32.0. The van der Waals surface area contributed by atoms with Crippen molar-refractivity contribution < 1.29 is 18.7 Å². The Morgan fingerprint density at radius 1 is 0.814 bits per heavy atom. The Labute approximate surface area is 254 Å². The molecule has 0 saturated heterocycles. The highest BCUT2D eigenvalue weighted by atomic mass is 19.1. The molecule has 0 radical (unpaired) electrons. The predicted octanol–water partition coefficient (Wildman–Crippen LogP) is 7.18. The van der Waals surface area contributed by atoms with Crippen LogP contribution in [-0.2, 0) is 28.9 Å². The topological polar surface area (TPSA) is 65.6 Å². The molecule has 0 aliphatic rings. The summed E-state index contributed by atoms with van der Waals surface area (Å²) in [5, 5.41) is 1.13. The van der Waals surface area contributed by atoms with Gasteiger partial charge in [-0.15, -0.1) is 0 Å². The fourth-order valence-electron chi connectivity index (χ4n) is 5.36. The first-order valence-corrected chi connectivity index (χ1v) is 15.4. The lowest BCUT2D eigenvalue weighted by Crippen LogP contribution is -2.44.